The topological polar surface area (TPSA) is 58.4 Å². The summed E-state index contributed by atoms with van der Waals surface area (Å²) in [5.41, 5.74) is 0.508. The largest absolute Gasteiger partial charge is 0.401 e. The molecule has 1 aliphatic heterocycles. The molecule has 1 saturated heterocycles. The van der Waals surface area contributed by atoms with Crippen molar-refractivity contribution in [3.63, 3.8) is 0 Å². The predicted octanol–water partition coefficient (Wildman–Crippen LogP) is 1.23. The zero-order valence-electron chi connectivity index (χ0n) is 13.3. The van der Waals surface area contributed by atoms with Crippen LogP contribution in [0.5, 0.6) is 0 Å². The lowest BCUT2D eigenvalue weighted by atomic mass is 10.2. The molecule has 1 aliphatic rings. The normalized spacial score (nSPS) is 22.3. The van der Waals surface area contributed by atoms with Gasteiger partial charge >= 0.3 is 6.18 Å². The van der Waals surface area contributed by atoms with E-state index in [1.54, 1.807) is 20.9 Å². The zero-order chi connectivity index (χ0) is 17.4. The fourth-order valence-electron chi connectivity index (χ4n) is 2.77. The van der Waals surface area contributed by atoms with Gasteiger partial charge in [0, 0.05) is 33.2 Å². The van der Waals surface area contributed by atoms with E-state index in [0.717, 1.165) is 0 Å². The van der Waals surface area contributed by atoms with Gasteiger partial charge in [0.1, 0.15) is 4.90 Å². The van der Waals surface area contributed by atoms with Gasteiger partial charge in [-0.15, -0.1) is 0 Å². The average molecular weight is 354 g/mol. The molecule has 2 heterocycles. The highest BCUT2D eigenvalue weighted by atomic mass is 32.2. The number of hydrogen-bond donors (Lipinski definition) is 0. The highest BCUT2D eigenvalue weighted by Gasteiger charge is 2.36. The molecule has 0 radical (unpaired) electrons. The first-order valence-corrected chi connectivity index (χ1v) is 8.72. The number of aryl methyl sites for hydroxylation is 1. The summed E-state index contributed by atoms with van der Waals surface area (Å²) < 4.78 is 65.9. The van der Waals surface area contributed by atoms with Crippen LogP contribution in [-0.4, -0.2) is 66.3 Å². The Morgan fingerprint density at radius 2 is 1.96 bits per heavy atom. The van der Waals surface area contributed by atoms with Crippen molar-refractivity contribution in [2.75, 3.05) is 32.7 Å². The second kappa shape index (κ2) is 6.40. The number of aromatic nitrogens is 2. The lowest BCUT2D eigenvalue weighted by molar-refractivity contribution is -0.146. The SMILES string of the molecule is Cc1c(S(=O)(=O)N2CCN(CC(F)(F)F)C[C@H](C)C2)cnn1C. The van der Waals surface area contributed by atoms with Crippen LogP contribution < -0.4 is 0 Å². The van der Waals surface area contributed by atoms with Crippen LogP contribution >= 0.6 is 0 Å². The summed E-state index contributed by atoms with van der Waals surface area (Å²) >= 11 is 0. The molecule has 0 aliphatic carbocycles. The van der Waals surface area contributed by atoms with Crippen molar-refractivity contribution in [2.45, 2.75) is 24.9 Å². The van der Waals surface area contributed by atoms with E-state index < -0.39 is 22.7 Å². The van der Waals surface area contributed by atoms with Crippen LogP contribution in [0, 0.1) is 12.8 Å². The minimum atomic E-state index is -4.28. The number of alkyl halides is 3. The van der Waals surface area contributed by atoms with E-state index in [4.69, 9.17) is 0 Å². The molecule has 132 valence electrons. The summed E-state index contributed by atoms with van der Waals surface area (Å²) in [6.07, 6.45) is -3.00. The van der Waals surface area contributed by atoms with Crippen LogP contribution in [0.4, 0.5) is 13.2 Å². The van der Waals surface area contributed by atoms with Crippen LogP contribution in [0.15, 0.2) is 11.1 Å². The highest BCUT2D eigenvalue weighted by Crippen LogP contribution is 2.23. The zero-order valence-corrected chi connectivity index (χ0v) is 14.2. The minimum absolute atomic E-state index is 0.0388. The number of rotatable bonds is 3. The van der Waals surface area contributed by atoms with Crippen molar-refractivity contribution >= 4 is 10.0 Å². The molecule has 1 aromatic heterocycles. The molecule has 0 aromatic carbocycles. The summed E-state index contributed by atoms with van der Waals surface area (Å²) in [4.78, 5) is 1.37. The Morgan fingerprint density at radius 3 is 2.48 bits per heavy atom. The van der Waals surface area contributed by atoms with Crippen LogP contribution in [0.3, 0.4) is 0 Å². The van der Waals surface area contributed by atoms with Crippen molar-refractivity contribution in [3.8, 4) is 0 Å². The van der Waals surface area contributed by atoms with E-state index in [1.165, 1.54) is 20.1 Å². The van der Waals surface area contributed by atoms with Gasteiger partial charge in [0.25, 0.3) is 0 Å². The van der Waals surface area contributed by atoms with E-state index >= 15 is 0 Å². The third-order valence-electron chi connectivity index (χ3n) is 3.96. The lowest BCUT2D eigenvalue weighted by Gasteiger charge is -2.22. The van der Waals surface area contributed by atoms with Gasteiger partial charge < -0.3 is 0 Å². The maximum atomic E-state index is 12.7. The maximum absolute atomic E-state index is 12.7. The smallest absolute Gasteiger partial charge is 0.293 e. The van der Waals surface area contributed by atoms with Crippen molar-refractivity contribution in [1.29, 1.82) is 0 Å². The minimum Gasteiger partial charge on any atom is -0.293 e. The summed E-state index contributed by atoms with van der Waals surface area (Å²) in [5.74, 6) is -0.188. The Labute approximate surface area is 133 Å². The van der Waals surface area contributed by atoms with Crippen LogP contribution in [-0.2, 0) is 17.1 Å². The first kappa shape index (κ1) is 18.2. The van der Waals surface area contributed by atoms with Crippen LogP contribution in [0.2, 0.25) is 0 Å². The first-order chi connectivity index (χ1) is 10.5. The van der Waals surface area contributed by atoms with Crippen molar-refractivity contribution in [2.24, 2.45) is 13.0 Å². The van der Waals surface area contributed by atoms with Crippen LogP contribution in [0.25, 0.3) is 0 Å². The Hall–Kier alpha value is -1.13. The molecule has 2 rings (SSSR count). The Bertz CT molecular complexity index is 657. The first-order valence-electron chi connectivity index (χ1n) is 7.28. The number of sulfonamides is 1. The second-order valence-electron chi connectivity index (χ2n) is 6.04. The quantitative estimate of drug-likeness (QED) is 0.819. The molecule has 1 aromatic rings. The van der Waals surface area contributed by atoms with E-state index in [2.05, 4.69) is 5.10 Å². The highest BCUT2D eigenvalue weighted by molar-refractivity contribution is 7.89. The molecule has 6 nitrogen and oxygen atoms in total. The van der Waals surface area contributed by atoms with E-state index in [9.17, 15) is 21.6 Å². The molecule has 0 saturated carbocycles. The van der Waals surface area contributed by atoms with E-state index in [-0.39, 0.29) is 37.0 Å². The third-order valence-corrected chi connectivity index (χ3v) is 5.93. The van der Waals surface area contributed by atoms with Gasteiger partial charge in [-0.2, -0.15) is 22.6 Å². The van der Waals surface area contributed by atoms with Gasteiger partial charge in [-0.05, 0) is 12.8 Å². The maximum Gasteiger partial charge on any atom is 0.401 e. The molecule has 0 unspecified atom stereocenters. The molecular weight excluding hydrogens is 333 g/mol. The summed E-state index contributed by atoms with van der Waals surface area (Å²) in [6.45, 7) is 2.91. The molecule has 0 amide bonds. The summed E-state index contributed by atoms with van der Waals surface area (Å²) in [5, 5.41) is 3.93. The monoisotopic (exact) mass is 354 g/mol. The van der Waals surface area contributed by atoms with Crippen molar-refractivity contribution < 1.29 is 21.6 Å². The Kier molecular flexibility index (Phi) is 5.07. The number of nitrogens with zero attached hydrogens (tertiary/aromatic N) is 4. The van der Waals surface area contributed by atoms with Gasteiger partial charge in [-0.1, -0.05) is 6.92 Å². The number of hydrogen-bond acceptors (Lipinski definition) is 4. The molecule has 0 spiro atoms. The molecule has 1 fully saturated rings. The lowest BCUT2D eigenvalue weighted by Crippen LogP contribution is -2.38. The summed E-state index contributed by atoms with van der Waals surface area (Å²) in [7, 11) is -2.11. The molecule has 0 N–H and O–H groups in total. The van der Waals surface area contributed by atoms with Gasteiger partial charge in [-0.25, -0.2) is 8.42 Å². The fourth-order valence-corrected chi connectivity index (χ4v) is 4.50. The Morgan fingerprint density at radius 1 is 1.30 bits per heavy atom. The molecule has 23 heavy (non-hydrogen) atoms. The standard InChI is InChI=1S/C13H21F3N4O2S/c1-10-7-19(9-13(14,15)16)4-5-20(8-10)23(21,22)12-6-17-18(3)11(12)2/h6,10H,4-5,7-9H2,1-3H3/t10-/m0/s1. The summed E-state index contributed by atoms with van der Waals surface area (Å²) in [6, 6.07) is 0. The van der Waals surface area contributed by atoms with E-state index in [0.29, 0.717) is 5.69 Å². The number of halogens is 3. The molecule has 0 bridgehead atoms. The molecular formula is C13H21F3N4O2S. The van der Waals surface area contributed by atoms with Gasteiger partial charge in [0.05, 0.1) is 18.4 Å². The van der Waals surface area contributed by atoms with Crippen molar-refractivity contribution in [3.05, 3.63) is 11.9 Å². The van der Waals surface area contributed by atoms with Gasteiger partial charge in [-0.3, -0.25) is 9.58 Å². The predicted molar refractivity (Wildman–Crippen MR) is 78.4 cm³/mol. The Balaban J connectivity index is 2.19. The second-order valence-corrected chi connectivity index (χ2v) is 7.94. The van der Waals surface area contributed by atoms with Crippen LogP contribution in [0.1, 0.15) is 12.6 Å². The molecule has 10 heteroatoms. The van der Waals surface area contributed by atoms with E-state index in [1.807, 2.05) is 0 Å². The molecule has 1 atom stereocenters. The van der Waals surface area contributed by atoms with Gasteiger partial charge in [0.15, 0.2) is 0 Å². The third kappa shape index (κ3) is 4.24. The van der Waals surface area contributed by atoms with Crippen molar-refractivity contribution in [1.82, 2.24) is 19.0 Å². The average Bonchev–Trinajstić information content (AvgIpc) is 2.62. The fraction of sp³-hybridized carbons (Fsp3) is 0.769. The van der Waals surface area contributed by atoms with Gasteiger partial charge in [0.2, 0.25) is 10.0 Å².